The van der Waals surface area contributed by atoms with Crippen molar-refractivity contribution in [3.05, 3.63) is 36.0 Å². The number of urea groups is 1. The number of hydrogen-bond donors (Lipinski definition) is 1. The Hall–Kier alpha value is -2.62. The van der Waals surface area contributed by atoms with Crippen LogP contribution in [0.5, 0.6) is 5.75 Å². The average molecular weight is 380 g/mol. The van der Waals surface area contributed by atoms with Gasteiger partial charge in [-0.05, 0) is 38.1 Å². The van der Waals surface area contributed by atoms with Crippen molar-refractivity contribution in [1.29, 1.82) is 0 Å². The summed E-state index contributed by atoms with van der Waals surface area (Å²) in [6.45, 7) is 4.18. The molecule has 0 radical (unpaired) electrons. The van der Waals surface area contributed by atoms with E-state index < -0.39 is 17.4 Å². The van der Waals surface area contributed by atoms with E-state index in [0.717, 1.165) is 16.7 Å². The van der Waals surface area contributed by atoms with Gasteiger partial charge in [-0.2, -0.15) is 0 Å². The Balaban J connectivity index is 1.59. The lowest BCUT2D eigenvalue weighted by Crippen LogP contribution is -2.38. The number of carbonyl (C=O) groups is 2. The summed E-state index contributed by atoms with van der Waals surface area (Å²) < 4.78 is 24.1. The van der Waals surface area contributed by atoms with Gasteiger partial charge in [0, 0.05) is 13.1 Å². The molecule has 0 spiro atoms. The van der Waals surface area contributed by atoms with E-state index in [1.807, 2.05) is 0 Å². The summed E-state index contributed by atoms with van der Waals surface area (Å²) in [4.78, 5) is 25.0. The maximum atomic E-state index is 12.9. The average Bonchev–Trinajstić information content (AvgIpc) is 3.25. The molecule has 26 heavy (non-hydrogen) atoms. The molecule has 0 aliphatic carbocycles. The van der Waals surface area contributed by atoms with Crippen LogP contribution < -0.4 is 10.1 Å². The maximum absolute atomic E-state index is 12.9. The van der Waals surface area contributed by atoms with Gasteiger partial charge in [0.15, 0.2) is 6.10 Å². The molecule has 2 aromatic rings. The third-order valence-electron chi connectivity index (χ3n) is 3.64. The van der Waals surface area contributed by atoms with Gasteiger partial charge in [-0.25, -0.2) is 9.18 Å². The molecule has 1 aliphatic rings. The second kappa shape index (κ2) is 7.73. The molecule has 1 aromatic heterocycles. The molecule has 1 aromatic carbocycles. The highest BCUT2D eigenvalue weighted by atomic mass is 32.2. The Kier molecular flexibility index (Phi) is 5.40. The van der Waals surface area contributed by atoms with Gasteiger partial charge in [0.2, 0.25) is 5.91 Å². The number of rotatable bonds is 6. The second-order valence-corrected chi connectivity index (χ2v) is 6.89. The van der Waals surface area contributed by atoms with Crippen molar-refractivity contribution >= 4 is 23.7 Å². The molecule has 1 N–H and O–H groups in total. The number of amides is 3. The van der Waals surface area contributed by atoms with Crippen molar-refractivity contribution in [2.75, 3.05) is 13.1 Å². The molecular weight excluding hydrogens is 363 g/mol. The number of nitrogens with zero attached hydrogens (tertiary/aromatic N) is 3. The minimum Gasteiger partial charge on any atom is -0.481 e. The molecule has 1 saturated heterocycles. The monoisotopic (exact) mass is 380 g/mol. The van der Waals surface area contributed by atoms with Crippen molar-refractivity contribution in [2.45, 2.75) is 30.4 Å². The molecule has 8 nitrogen and oxygen atoms in total. The highest BCUT2D eigenvalue weighted by Crippen LogP contribution is 2.27. The van der Waals surface area contributed by atoms with E-state index >= 15 is 0 Å². The molecule has 1 fully saturated rings. The van der Waals surface area contributed by atoms with E-state index in [9.17, 15) is 14.0 Å². The van der Waals surface area contributed by atoms with E-state index in [1.54, 1.807) is 13.8 Å². The standard InChI is InChI=1S/C16H17FN4O4S/c1-9(24-12-5-3-11(17)4-6-12)13-19-20-16(25-13)26-10(2)14(22)21-8-7-18-15(21)23/h3-6,9-10H,7-8H2,1-2H3,(H,18,23)/t9-,10-/m0/s1. The van der Waals surface area contributed by atoms with Gasteiger partial charge in [0.25, 0.3) is 11.1 Å². The van der Waals surface area contributed by atoms with Gasteiger partial charge in [-0.15, -0.1) is 10.2 Å². The lowest BCUT2D eigenvalue weighted by Gasteiger charge is -2.15. The first-order valence-corrected chi connectivity index (χ1v) is 8.83. The van der Waals surface area contributed by atoms with E-state index in [4.69, 9.17) is 9.15 Å². The molecular formula is C16H17FN4O4S. The van der Waals surface area contributed by atoms with Gasteiger partial charge in [0.1, 0.15) is 11.6 Å². The molecule has 0 unspecified atom stereocenters. The molecule has 2 atom stereocenters. The SMILES string of the molecule is C[C@H](Sc1nnc([C@H](C)Oc2ccc(F)cc2)o1)C(=O)N1CCNC1=O. The fraction of sp³-hybridized carbons (Fsp3) is 0.375. The van der Waals surface area contributed by atoms with Crippen molar-refractivity contribution in [3.8, 4) is 5.75 Å². The van der Waals surface area contributed by atoms with Crippen molar-refractivity contribution in [3.63, 3.8) is 0 Å². The lowest BCUT2D eigenvalue weighted by atomic mass is 10.3. The zero-order valence-corrected chi connectivity index (χ0v) is 15.0. The van der Waals surface area contributed by atoms with Crippen molar-refractivity contribution < 1.29 is 23.1 Å². The minimum atomic E-state index is -0.555. The number of aromatic nitrogens is 2. The van der Waals surface area contributed by atoms with Crippen molar-refractivity contribution in [1.82, 2.24) is 20.4 Å². The van der Waals surface area contributed by atoms with Crippen LogP contribution in [0.2, 0.25) is 0 Å². The van der Waals surface area contributed by atoms with Crippen LogP contribution in [0.15, 0.2) is 33.9 Å². The summed E-state index contributed by atoms with van der Waals surface area (Å²) in [6.07, 6.45) is -0.544. The number of carbonyl (C=O) groups excluding carboxylic acids is 2. The first-order chi connectivity index (χ1) is 12.4. The van der Waals surface area contributed by atoms with Gasteiger partial charge < -0.3 is 14.5 Å². The van der Waals surface area contributed by atoms with E-state index in [1.165, 1.54) is 24.3 Å². The molecule has 0 saturated carbocycles. The van der Waals surface area contributed by atoms with E-state index in [-0.39, 0.29) is 22.8 Å². The van der Waals surface area contributed by atoms with Crippen LogP contribution in [0.1, 0.15) is 25.8 Å². The van der Waals surface area contributed by atoms with Crippen LogP contribution in [0, 0.1) is 5.82 Å². The summed E-state index contributed by atoms with van der Waals surface area (Å²) in [5.74, 6) is 0.0254. The highest BCUT2D eigenvalue weighted by molar-refractivity contribution is 8.00. The Morgan fingerprint density at radius 3 is 2.73 bits per heavy atom. The molecule has 1 aliphatic heterocycles. The zero-order chi connectivity index (χ0) is 18.7. The smallest absolute Gasteiger partial charge is 0.324 e. The van der Waals surface area contributed by atoms with Crippen molar-refractivity contribution in [2.24, 2.45) is 0 Å². The van der Waals surface area contributed by atoms with Crippen LogP contribution in [0.25, 0.3) is 0 Å². The summed E-state index contributed by atoms with van der Waals surface area (Å²) >= 11 is 1.07. The van der Waals surface area contributed by atoms with E-state index in [2.05, 4.69) is 15.5 Å². The second-order valence-electron chi connectivity index (χ2n) is 5.60. The van der Waals surface area contributed by atoms with E-state index in [0.29, 0.717) is 18.8 Å². The largest absolute Gasteiger partial charge is 0.481 e. The number of thioether (sulfide) groups is 1. The molecule has 138 valence electrons. The lowest BCUT2D eigenvalue weighted by molar-refractivity contribution is -0.126. The number of halogens is 1. The fourth-order valence-electron chi connectivity index (χ4n) is 2.30. The highest BCUT2D eigenvalue weighted by Gasteiger charge is 2.31. The predicted octanol–water partition coefficient (Wildman–Crippen LogP) is 2.38. The number of ether oxygens (including phenoxy) is 1. The predicted molar refractivity (Wildman–Crippen MR) is 90.2 cm³/mol. The normalized spacial score (nSPS) is 16.3. The quantitative estimate of drug-likeness (QED) is 0.769. The number of nitrogens with one attached hydrogen (secondary N) is 1. The molecule has 3 rings (SSSR count). The molecule has 10 heteroatoms. The van der Waals surface area contributed by atoms with Gasteiger partial charge in [0.05, 0.1) is 5.25 Å². The van der Waals surface area contributed by atoms with Crippen LogP contribution in [-0.4, -0.2) is 45.4 Å². The number of benzene rings is 1. The van der Waals surface area contributed by atoms with Crippen LogP contribution in [0.3, 0.4) is 0 Å². The Morgan fingerprint density at radius 2 is 2.08 bits per heavy atom. The van der Waals surface area contributed by atoms with Gasteiger partial charge in [-0.3, -0.25) is 9.69 Å². The van der Waals surface area contributed by atoms with Crippen LogP contribution >= 0.6 is 11.8 Å². The summed E-state index contributed by atoms with van der Waals surface area (Å²) in [7, 11) is 0. The molecule has 2 heterocycles. The summed E-state index contributed by atoms with van der Waals surface area (Å²) in [5.41, 5.74) is 0. The summed E-state index contributed by atoms with van der Waals surface area (Å²) in [6, 6.07) is 5.19. The first-order valence-electron chi connectivity index (χ1n) is 7.95. The first kappa shape index (κ1) is 18.2. The minimum absolute atomic E-state index is 0.204. The third-order valence-corrected chi connectivity index (χ3v) is 4.57. The maximum Gasteiger partial charge on any atom is 0.324 e. The number of hydrogen-bond acceptors (Lipinski definition) is 7. The zero-order valence-electron chi connectivity index (χ0n) is 14.1. The molecule has 3 amide bonds. The Labute approximate surface area is 153 Å². The topological polar surface area (TPSA) is 97.6 Å². The van der Waals surface area contributed by atoms with Crippen LogP contribution in [-0.2, 0) is 4.79 Å². The summed E-state index contributed by atoms with van der Waals surface area (Å²) in [5, 5.41) is 10.0. The Bertz CT molecular complexity index is 798. The van der Waals surface area contributed by atoms with Gasteiger partial charge >= 0.3 is 6.03 Å². The molecule has 0 bridgehead atoms. The fourth-order valence-corrected chi connectivity index (χ4v) is 3.05. The number of imide groups is 1. The van der Waals surface area contributed by atoms with Gasteiger partial charge in [-0.1, -0.05) is 11.8 Å². The third kappa shape index (κ3) is 4.13. The van der Waals surface area contributed by atoms with Crippen LogP contribution in [0.4, 0.5) is 9.18 Å². The Morgan fingerprint density at radius 1 is 1.35 bits per heavy atom.